The molecule has 0 aromatic heterocycles. The molecular formula is C34H51NO4. The largest absolute Gasteiger partial charge is 0.458 e. The average Bonchev–Trinajstić information content (AvgIpc) is 3.50. The van der Waals surface area contributed by atoms with E-state index in [0.29, 0.717) is 48.5 Å². The molecule has 10 atom stereocenters. The van der Waals surface area contributed by atoms with Crippen molar-refractivity contribution in [1.82, 2.24) is 4.90 Å². The molecule has 0 bridgehead atoms. The van der Waals surface area contributed by atoms with E-state index < -0.39 is 0 Å². The van der Waals surface area contributed by atoms with E-state index in [1.807, 2.05) is 6.08 Å². The molecule has 0 N–H and O–H groups in total. The predicted molar refractivity (Wildman–Crippen MR) is 153 cm³/mol. The highest BCUT2D eigenvalue weighted by Gasteiger charge is 2.75. The molecule has 1 heterocycles. The maximum absolute atomic E-state index is 13.5. The number of likely N-dealkylation sites (N-methyl/N-ethyl adjacent to an activating group) is 1. The van der Waals surface area contributed by atoms with Gasteiger partial charge < -0.3 is 9.47 Å². The van der Waals surface area contributed by atoms with Crippen LogP contribution in [0.15, 0.2) is 23.3 Å². The van der Waals surface area contributed by atoms with E-state index in [9.17, 15) is 9.59 Å². The zero-order valence-electron chi connectivity index (χ0n) is 25.3. The molecule has 39 heavy (non-hydrogen) atoms. The molecule has 1 unspecified atom stereocenters. The Labute approximate surface area is 236 Å². The van der Waals surface area contributed by atoms with Gasteiger partial charge in [0.2, 0.25) is 0 Å². The number of hydrogen-bond donors (Lipinski definition) is 0. The monoisotopic (exact) mass is 537 g/mol. The third-order valence-electron chi connectivity index (χ3n) is 13.5. The molecule has 0 aromatic carbocycles. The van der Waals surface area contributed by atoms with Crippen LogP contribution >= 0.6 is 0 Å². The highest BCUT2D eigenvalue weighted by Crippen LogP contribution is 2.79. The Morgan fingerprint density at radius 1 is 1.18 bits per heavy atom. The normalized spacial score (nSPS) is 45.4. The summed E-state index contributed by atoms with van der Waals surface area (Å²) in [6.07, 6.45) is 13.6. The third kappa shape index (κ3) is 3.99. The molecular weight excluding hydrogens is 486 g/mol. The summed E-state index contributed by atoms with van der Waals surface area (Å²) in [5.74, 6) is 3.91. The number of rotatable bonds is 8. The summed E-state index contributed by atoms with van der Waals surface area (Å²) in [6.45, 7) is 14.6. The van der Waals surface area contributed by atoms with Gasteiger partial charge in [-0.15, -0.1) is 0 Å². The van der Waals surface area contributed by atoms with E-state index in [1.54, 1.807) is 7.11 Å². The highest BCUT2D eigenvalue weighted by atomic mass is 16.5. The van der Waals surface area contributed by atoms with Crippen LogP contribution in [0.25, 0.3) is 0 Å². The fraction of sp³-hybridized carbons (Fsp3) is 0.824. The van der Waals surface area contributed by atoms with E-state index >= 15 is 0 Å². The summed E-state index contributed by atoms with van der Waals surface area (Å²) in [5.41, 5.74) is 2.46. The molecule has 4 saturated carbocycles. The van der Waals surface area contributed by atoms with Gasteiger partial charge in [-0.3, -0.25) is 9.69 Å². The van der Waals surface area contributed by atoms with Gasteiger partial charge in [-0.2, -0.15) is 0 Å². The summed E-state index contributed by atoms with van der Waals surface area (Å²) in [7, 11) is 1.72. The maximum atomic E-state index is 13.5. The Morgan fingerprint density at radius 2 is 1.97 bits per heavy atom. The van der Waals surface area contributed by atoms with Crippen LogP contribution in [0, 0.1) is 51.8 Å². The molecule has 6 rings (SSSR count). The van der Waals surface area contributed by atoms with Gasteiger partial charge in [0, 0.05) is 32.0 Å². The maximum Gasteiger partial charge on any atom is 0.335 e. The molecule has 1 spiro atoms. The smallest absolute Gasteiger partial charge is 0.335 e. The van der Waals surface area contributed by atoms with E-state index in [0.717, 1.165) is 37.4 Å². The van der Waals surface area contributed by atoms with Crippen molar-refractivity contribution in [2.24, 2.45) is 51.8 Å². The van der Waals surface area contributed by atoms with Gasteiger partial charge in [0.15, 0.2) is 5.78 Å². The highest BCUT2D eigenvalue weighted by molar-refractivity contribution is 5.97. The third-order valence-corrected chi connectivity index (χ3v) is 13.5. The van der Waals surface area contributed by atoms with Gasteiger partial charge in [-0.25, -0.2) is 4.79 Å². The lowest BCUT2D eigenvalue weighted by molar-refractivity contribution is -0.155. The van der Waals surface area contributed by atoms with Crippen LogP contribution in [0.2, 0.25) is 0 Å². The number of allylic oxidation sites excluding steroid dienone is 2. The molecule has 0 aromatic rings. The van der Waals surface area contributed by atoms with Crippen molar-refractivity contribution in [1.29, 1.82) is 0 Å². The van der Waals surface area contributed by atoms with Crippen molar-refractivity contribution in [3.8, 4) is 0 Å². The fourth-order valence-electron chi connectivity index (χ4n) is 11.1. The molecule has 5 aliphatic carbocycles. The second-order valence-electron chi connectivity index (χ2n) is 14.7. The number of cyclic esters (lactones) is 1. The topological polar surface area (TPSA) is 55.8 Å². The molecule has 4 fully saturated rings. The summed E-state index contributed by atoms with van der Waals surface area (Å²) >= 11 is 0. The van der Waals surface area contributed by atoms with Crippen LogP contribution in [0.3, 0.4) is 0 Å². The Hall–Kier alpha value is -1.46. The summed E-state index contributed by atoms with van der Waals surface area (Å²) in [6, 6.07) is 0. The van der Waals surface area contributed by atoms with Crippen molar-refractivity contribution in [2.75, 3.05) is 33.4 Å². The van der Waals surface area contributed by atoms with Gasteiger partial charge in [-0.05, 0) is 111 Å². The number of nitrogens with zero attached hydrogens (tertiary/aromatic N) is 1. The fourth-order valence-corrected chi connectivity index (χ4v) is 11.1. The Kier molecular flexibility index (Phi) is 6.98. The van der Waals surface area contributed by atoms with E-state index in [2.05, 4.69) is 45.6 Å². The first-order chi connectivity index (χ1) is 18.6. The van der Waals surface area contributed by atoms with Gasteiger partial charge in [0.1, 0.15) is 6.10 Å². The lowest BCUT2D eigenvalue weighted by Crippen LogP contribution is -2.56. The number of carbonyl (C=O) groups is 2. The second kappa shape index (κ2) is 9.82. The lowest BCUT2D eigenvalue weighted by atomic mass is 9.44. The minimum absolute atomic E-state index is 0.0291. The molecule has 0 radical (unpaired) electrons. The Morgan fingerprint density at radius 3 is 2.69 bits per heavy atom. The molecule has 216 valence electrons. The van der Waals surface area contributed by atoms with E-state index in [-0.39, 0.29) is 28.3 Å². The summed E-state index contributed by atoms with van der Waals surface area (Å²) < 4.78 is 11.5. The predicted octanol–water partition coefficient (Wildman–Crippen LogP) is 6.23. The first-order valence-corrected chi connectivity index (χ1v) is 15.9. The van der Waals surface area contributed by atoms with Crippen LogP contribution < -0.4 is 0 Å². The molecule has 6 aliphatic rings. The van der Waals surface area contributed by atoms with Crippen LogP contribution in [0.5, 0.6) is 0 Å². The number of ketones is 1. The van der Waals surface area contributed by atoms with Crippen molar-refractivity contribution < 1.29 is 19.1 Å². The van der Waals surface area contributed by atoms with Crippen molar-refractivity contribution >= 4 is 11.8 Å². The summed E-state index contributed by atoms with van der Waals surface area (Å²) in [4.78, 5) is 29.0. The first kappa shape index (κ1) is 27.7. The van der Waals surface area contributed by atoms with E-state index in [1.165, 1.54) is 44.1 Å². The van der Waals surface area contributed by atoms with Crippen LogP contribution in [-0.2, 0) is 19.1 Å². The average molecular weight is 538 g/mol. The number of fused-ring (bicyclic) bond motifs is 4. The van der Waals surface area contributed by atoms with Crippen molar-refractivity contribution in [2.45, 2.75) is 92.1 Å². The number of ether oxygens (including phenoxy) is 2. The zero-order chi connectivity index (χ0) is 27.7. The second-order valence-corrected chi connectivity index (χ2v) is 14.7. The lowest BCUT2D eigenvalue weighted by Gasteiger charge is -2.59. The SMILES string of the molecule is CCN(CCOC)CC1=C(C)C[C@H]([C@@H](C)[C@H]2CC[C@H]3C4C[C@H]5C[C@]56CC=CC(=O)[C@]6(C)[C@H]4CC[C@]23C)OC1=O. The Balaban J connectivity index is 1.18. The van der Waals surface area contributed by atoms with E-state index in [4.69, 9.17) is 9.47 Å². The number of esters is 1. The molecule has 5 nitrogen and oxygen atoms in total. The zero-order valence-corrected chi connectivity index (χ0v) is 25.3. The molecule has 5 heteroatoms. The van der Waals surface area contributed by atoms with Crippen LogP contribution in [0.4, 0.5) is 0 Å². The van der Waals surface area contributed by atoms with Gasteiger partial charge >= 0.3 is 5.97 Å². The summed E-state index contributed by atoms with van der Waals surface area (Å²) in [5, 5.41) is 0. The van der Waals surface area contributed by atoms with Gasteiger partial charge in [0.25, 0.3) is 0 Å². The van der Waals surface area contributed by atoms with Crippen LogP contribution in [0.1, 0.15) is 86.0 Å². The number of methoxy groups -OCH3 is 1. The molecule has 0 saturated heterocycles. The quantitative estimate of drug-likeness (QED) is 0.344. The van der Waals surface area contributed by atoms with Gasteiger partial charge in [-0.1, -0.05) is 39.3 Å². The number of carbonyl (C=O) groups excluding carboxylic acids is 2. The van der Waals surface area contributed by atoms with Crippen LogP contribution in [-0.4, -0.2) is 56.1 Å². The Bertz CT molecular complexity index is 1080. The standard InChI is InChI=1S/C34H51NO4/c1-7-35(15-16-38-6)20-25-21(2)17-29(39-31(25)37)22(3)26-10-11-27-24-18-23-19-34(23)13-8-9-30(36)33(34,5)28(24)12-14-32(26,27)4/h8-9,22-24,26-29H,7,10-20H2,1-6H3/t22-,23-,24?,26+,27-,28-,29+,32+,33-,34+/m0/s1. The van der Waals surface area contributed by atoms with Crippen molar-refractivity contribution in [3.63, 3.8) is 0 Å². The minimum atomic E-state index is -0.146. The van der Waals surface area contributed by atoms with Gasteiger partial charge in [0.05, 0.1) is 12.2 Å². The molecule has 0 amide bonds. The minimum Gasteiger partial charge on any atom is -0.458 e. The number of hydrogen-bond acceptors (Lipinski definition) is 5. The molecule has 1 aliphatic heterocycles. The van der Waals surface area contributed by atoms with Crippen molar-refractivity contribution in [3.05, 3.63) is 23.3 Å². The first-order valence-electron chi connectivity index (χ1n) is 15.9.